The fraction of sp³-hybridized carbons (Fsp3) is 0.280. The van der Waals surface area contributed by atoms with Crippen molar-refractivity contribution < 1.29 is 22.3 Å². The second-order valence-electron chi connectivity index (χ2n) is 9.22. The average Bonchev–Trinajstić information content (AvgIpc) is 2.80. The van der Waals surface area contributed by atoms with E-state index in [-0.39, 0.29) is 23.1 Å². The van der Waals surface area contributed by atoms with Gasteiger partial charge in [0.1, 0.15) is 22.3 Å². The Morgan fingerprint density at radius 3 is 2.24 bits per heavy atom. The molecule has 0 aliphatic heterocycles. The third kappa shape index (κ3) is 8.24. The van der Waals surface area contributed by atoms with Crippen LogP contribution >= 0.6 is 0 Å². The van der Waals surface area contributed by atoms with Crippen LogP contribution in [-0.4, -0.2) is 41.2 Å². The molecule has 3 aromatic rings. The van der Waals surface area contributed by atoms with Gasteiger partial charge in [0.2, 0.25) is 15.8 Å². The van der Waals surface area contributed by atoms with E-state index in [1.54, 1.807) is 45.9 Å². The summed E-state index contributed by atoms with van der Waals surface area (Å²) in [7, 11) is -4.04. The van der Waals surface area contributed by atoms with Crippen LogP contribution in [0.25, 0.3) is 0 Å². The topological polar surface area (TPSA) is 146 Å². The van der Waals surface area contributed by atoms with Crippen LogP contribution in [0.2, 0.25) is 0 Å². The molecule has 0 radical (unpaired) electrons. The average molecular weight is 529 g/mol. The minimum atomic E-state index is -4.04. The minimum Gasteiger partial charge on any atom is -0.444 e. The third-order valence-electron chi connectivity index (χ3n) is 4.77. The molecule has 4 N–H and O–H groups in total. The van der Waals surface area contributed by atoms with Crippen LogP contribution in [-0.2, 0) is 14.6 Å². The summed E-state index contributed by atoms with van der Waals surface area (Å²) in [5, 5.41) is 16.1. The van der Waals surface area contributed by atoms with Gasteiger partial charge in [0.25, 0.3) is 0 Å². The largest absolute Gasteiger partial charge is 0.444 e. The van der Waals surface area contributed by atoms with Gasteiger partial charge in [-0.05, 0) is 82.3 Å². The number of carbonyl (C=O) groups is 1. The number of sulfone groups is 1. The Kier molecular flexibility index (Phi) is 8.43. The van der Waals surface area contributed by atoms with E-state index < -0.39 is 32.6 Å². The third-order valence-corrected chi connectivity index (χ3v) is 6.48. The fourth-order valence-electron chi connectivity index (χ4n) is 3.11. The Morgan fingerprint density at radius 2 is 1.62 bits per heavy atom. The van der Waals surface area contributed by atoms with Crippen molar-refractivity contribution in [2.75, 3.05) is 10.6 Å². The molecule has 0 aliphatic rings. The number of nitrogens with one attached hydrogen (secondary N) is 4. The molecule has 0 fully saturated rings. The maximum absolute atomic E-state index is 13.1. The standard InChI is InChI=1S/C25H29FN6O4S/c1-16(29-24(33)36-25(2,3)4)15-21(27)37(34,35)20-11-9-19(10-12-20)31-23-28-14-13-22(32-23)30-18-7-5-17(26)6-8-18/h5-14,16,27H,15H2,1-4H3,(H,29,33)(H2,28,30,31,32). The molecular formula is C25H29FN6O4S. The summed E-state index contributed by atoms with van der Waals surface area (Å²) in [6.07, 6.45) is 0.664. The van der Waals surface area contributed by atoms with E-state index in [0.29, 0.717) is 17.2 Å². The Bertz CT molecular complexity index is 1360. The molecule has 1 heterocycles. The highest BCUT2D eigenvalue weighted by Gasteiger charge is 2.24. The van der Waals surface area contributed by atoms with Gasteiger partial charge in [0, 0.05) is 30.0 Å². The van der Waals surface area contributed by atoms with Crippen molar-refractivity contribution in [3.63, 3.8) is 0 Å². The molecule has 1 unspecified atom stereocenters. The second-order valence-corrected chi connectivity index (χ2v) is 11.2. The number of rotatable bonds is 8. The van der Waals surface area contributed by atoms with Gasteiger partial charge in [-0.3, -0.25) is 5.41 Å². The van der Waals surface area contributed by atoms with Crippen LogP contribution < -0.4 is 16.0 Å². The summed E-state index contributed by atoms with van der Waals surface area (Å²) >= 11 is 0. The number of alkyl carbamates (subject to hydrolysis) is 1. The smallest absolute Gasteiger partial charge is 0.407 e. The first-order valence-corrected chi connectivity index (χ1v) is 12.8. The zero-order valence-electron chi connectivity index (χ0n) is 20.9. The van der Waals surface area contributed by atoms with Gasteiger partial charge in [-0.15, -0.1) is 0 Å². The van der Waals surface area contributed by atoms with E-state index in [1.165, 1.54) is 42.6 Å². The van der Waals surface area contributed by atoms with E-state index in [4.69, 9.17) is 10.1 Å². The number of anilines is 4. The molecule has 0 bridgehead atoms. The van der Waals surface area contributed by atoms with Gasteiger partial charge >= 0.3 is 6.09 Å². The Labute approximate surface area is 215 Å². The maximum atomic E-state index is 13.1. The summed E-state index contributed by atoms with van der Waals surface area (Å²) in [5.74, 6) is 0.395. The zero-order valence-corrected chi connectivity index (χ0v) is 21.7. The summed E-state index contributed by atoms with van der Waals surface area (Å²) in [5.41, 5.74) is 0.494. The predicted molar refractivity (Wildman–Crippen MR) is 140 cm³/mol. The molecule has 196 valence electrons. The summed E-state index contributed by atoms with van der Waals surface area (Å²) in [6, 6.07) is 12.7. The highest BCUT2D eigenvalue weighted by atomic mass is 32.2. The normalized spacial score (nSPS) is 12.4. The molecule has 12 heteroatoms. The van der Waals surface area contributed by atoms with Crippen molar-refractivity contribution in [3.05, 3.63) is 66.6 Å². The van der Waals surface area contributed by atoms with E-state index in [1.807, 2.05) is 0 Å². The van der Waals surface area contributed by atoms with Gasteiger partial charge in [0.15, 0.2) is 0 Å². The molecule has 10 nitrogen and oxygen atoms in total. The van der Waals surface area contributed by atoms with E-state index in [2.05, 4.69) is 25.9 Å². The lowest BCUT2D eigenvalue weighted by Gasteiger charge is -2.22. The van der Waals surface area contributed by atoms with Gasteiger partial charge in [0.05, 0.1) is 4.90 Å². The van der Waals surface area contributed by atoms with Crippen LogP contribution in [0.5, 0.6) is 0 Å². The van der Waals surface area contributed by atoms with E-state index in [0.717, 1.165) is 0 Å². The summed E-state index contributed by atoms with van der Waals surface area (Å²) in [4.78, 5) is 20.3. The molecule has 0 saturated heterocycles. The Hall–Kier alpha value is -4.06. The molecule has 1 aromatic heterocycles. The first kappa shape index (κ1) is 27.5. The molecule has 1 atom stereocenters. The number of hydrogen-bond acceptors (Lipinski definition) is 9. The molecule has 0 saturated carbocycles. The number of amides is 1. The van der Waals surface area contributed by atoms with Crippen molar-refractivity contribution in [2.45, 2.75) is 50.7 Å². The van der Waals surface area contributed by atoms with Crippen LogP contribution in [0, 0.1) is 11.2 Å². The monoisotopic (exact) mass is 528 g/mol. The van der Waals surface area contributed by atoms with Crippen LogP contribution in [0.15, 0.2) is 65.7 Å². The summed E-state index contributed by atoms with van der Waals surface area (Å²) < 4.78 is 43.9. The van der Waals surface area contributed by atoms with E-state index in [9.17, 15) is 17.6 Å². The van der Waals surface area contributed by atoms with Crippen molar-refractivity contribution >= 4 is 44.1 Å². The van der Waals surface area contributed by atoms with Crippen molar-refractivity contribution in [2.24, 2.45) is 0 Å². The van der Waals surface area contributed by atoms with Crippen molar-refractivity contribution in [1.82, 2.24) is 15.3 Å². The van der Waals surface area contributed by atoms with Crippen LogP contribution in [0.1, 0.15) is 34.1 Å². The fourth-order valence-corrected chi connectivity index (χ4v) is 4.35. The van der Waals surface area contributed by atoms with Gasteiger partial charge in [-0.25, -0.2) is 22.6 Å². The first-order chi connectivity index (χ1) is 17.3. The van der Waals surface area contributed by atoms with Gasteiger partial charge in [-0.2, -0.15) is 4.98 Å². The lowest BCUT2D eigenvalue weighted by atomic mass is 10.2. The minimum absolute atomic E-state index is 0.0554. The van der Waals surface area contributed by atoms with Gasteiger partial charge in [-0.1, -0.05) is 0 Å². The summed E-state index contributed by atoms with van der Waals surface area (Å²) in [6.45, 7) is 6.75. The van der Waals surface area contributed by atoms with Crippen LogP contribution in [0.4, 0.5) is 32.3 Å². The van der Waals surface area contributed by atoms with Crippen LogP contribution in [0.3, 0.4) is 0 Å². The SMILES string of the molecule is CC(CC(=N)S(=O)(=O)c1ccc(Nc2nccc(Nc3ccc(F)cc3)n2)cc1)NC(=O)OC(C)(C)C. The molecule has 2 aromatic carbocycles. The van der Waals surface area contributed by atoms with Crippen molar-refractivity contribution in [3.8, 4) is 0 Å². The molecule has 0 aliphatic carbocycles. The molecule has 37 heavy (non-hydrogen) atoms. The Balaban J connectivity index is 1.61. The molecule has 1 amide bonds. The predicted octanol–water partition coefficient (Wildman–Crippen LogP) is 5.16. The molecule has 0 spiro atoms. The quantitative estimate of drug-likeness (QED) is 0.232. The second kappa shape index (κ2) is 11.3. The highest BCUT2D eigenvalue weighted by molar-refractivity contribution is 8.06. The first-order valence-electron chi connectivity index (χ1n) is 11.4. The van der Waals surface area contributed by atoms with E-state index >= 15 is 0 Å². The number of benzene rings is 2. The number of halogens is 1. The van der Waals surface area contributed by atoms with Gasteiger partial charge < -0.3 is 20.7 Å². The molecular weight excluding hydrogens is 499 g/mol. The van der Waals surface area contributed by atoms with Crippen molar-refractivity contribution in [1.29, 1.82) is 5.41 Å². The Morgan fingerprint density at radius 1 is 1.03 bits per heavy atom. The zero-order chi connectivity index (χ0) is 27.2. The highest BCUT2D eigenvalue weighted by Crippen LogP contribution is 2.21. The maximum Gasteiger partial charge on any atom is 0.407 e. The lowest BCUT2D eigenvalue weighted by molar-refractivity contribution is 0.0510. The lowest BCUT2D eigenvalue weighted by Crippen LogP contribution is -2.39. The number of aromatic nitrogens is 2. The molecule has 3 rings (SSSR count). The number of nitrogens with zero attached hydrogens (tertiary/aromatic N) is 2. The number of hydrogen-bond donors (Lipinski definition) is 4. The number of ether oxygens (including phenoxy) is 1. The number of carbonyl (C=O) groups excluding carboxylic acids is 1.